The van der Waals surface area contributed by atoms with Gasteiger partial charge in [0.2, 0.25) is 0 Å². The van der Waals surface area contributed by atoms with Crippen molar-refractivity contribution < 1.29 is 14.5 Å². The van der Waals surface area contributed by atoms with E-state index < -0.39 is 10.9 Å². The average molecular weight is 333 g/mol. The summed E-state index contributed by atoms with van der Waals surface area (Å²) < 4.78 is 4.75. The number of nitrogens with zero attached hydrogens (tertiary/aromatic N) is 3. The lowest BCUT2D eigenvalue weighted by Gasteiger charge is -2.28. The molecule has 1 aromatic carbocycles. The lowest BCUT2D eigenvalue weighted by Crippen LogP contribution is -2.36. The highest BCUT2D eigenvalue weighted by atomic mass is 16.6. The van der Waals surface area contributed by atoms with Crippen LogP contribution in [0.4, 0.5) is 11.4 Å². The highest BCUT2D eigenvalue weighted by Gasteiger charge is 2.35. The third-order valence-electron chi connectivity index (χ3n) is 5.39. The summed E-state index contributed by atoms with van der Waals surface area (Å²) in [5, 5.41) is 11.3. The molecule has 24 heavy (non-hydrogen) atoms. The highest BCUT2D eigenvalue weighted by molar-refractivity contribution is 5.95. The molecule has 0 saturated carbocycles. The van der Waals surface area contributed by atoms with Gasteiger partial charge in [-0.1, -0.05) is 0 Å². The van der Waals surface area contributed by atoms with E-state index in [2.05, 4.69) is 16.8 Å². The molecule has 0 aliphatic carbocycles. The van der Waals surface area contributed by atoms with Crippen LogP contribution in [0.1, 0.15) is 35.2 Å². The predicted molar refractivity (Wildman–Crippen MR) is 90.6 cm³/mol. The number of methoxy groups -OCH3 is 1. The van der Waals surface area contributed by atoms with Gasteiger partial charge in [0.05, 0.1) is 12.0 Å². The topological polar surface area (TPSA) is 75.9 Å². The Labute approximate surface area is 141 Å². The van der Waals surface area contributed by atoms with Gasteiger partial charge in [-0.2, -0.15) is 0 Å². The molecule has 2 atom stereocenters. The van der Waals surface area contributed by atoms with Gasteiger partial charge in [-0.25, -0.2) is 4.79 Å². The first-order valence-corrected chi connectivity index (χ1v) is 8.26. The lowest BCUT2D eigenvalue weighted by molar-refractivity contribution is -0.385. The Kier molecular flexibility index (Phi) is 4.45. The maximum atomic E-state index is 12.0. The van der Waals surface area contributed by atoms with Crippen LogP contribution in [0.2, 0.25) is 0 Å². The summed E-state index contributed by atoms with van der Waals surface area (Å²) in [5.74, 6) is -0.667. The molecular weight excluding hydrogens is 310 g/mol. The van der Waals surface area contributed by atoms with Crippen LogP contribution in [0.15, 0.2) is 12.1 Å². The molecule has 0 aromatic heterocycles. The molecule has 2 heterocycles. The molecule has 2 bridgehead atoms. The summed E-state index contributed by atoms with van der Waals surface area (Å²) in [6, 6.07) is 4.52. The number of benzene rings is 1. The zero-order valence-electron chi connectivity index (χ0n) is 14.3. The largest absolute Gasteiger partial charge is 0.465 e. The Hall–Kier alpha value is -2.15. The van der Waals surface area contributed by atoms with Crippen LogP contribution in [0.5, 0.6) is 0 Å². The summed E-state index contributed by atoms with van der Waals surface area (Å²) >= 11 is 0. The summed E-state index contributed by atoms with van der Waals surface area (Å²) in [6.07, 6.45) is 3.48. The lowest BCUT2D eigenvalue weighted by atomic mass is 10.0. The predicted octanol–water partition coefficient (Wildman–Crippen LogP) is 2.36. The number of carbonyl (C=O) groups is 1. The van der Waals surface area contributed by atoms with Gasteiger partial charge in [0.15, 0.2) is 0 Å². The molecule has 0 amide bonds. The first kappa shape index (κ1) is 16.7. The second-order valence-corrected chi connectivity index (χ2v) is 6.69. The van der Waals surface area contributed by atoms with Crippen molar-refractivity contribution in [1.29, 1.82) is 0 Å². The molecule has 0 spiro atoms. The Morgan fingerprint density at radius 2 is 2.00 bits per heavy atom. The average Bonchev–Trinajstić information content (AvgIpc) is 2.78. The fourth-order valence-electron chi connectivity index (χ4n) is 3.99. The van der Waals surface area contributed by atoms with Crippen molar-refractivity contribution >= 4 is 17.3 Å². The van der Waals surface area contributed by atoms with E-state index in [4.69, 9.17) is 4.74 Å². The zero-order valence-corrected chi connectivity index (χ0v) is 14.3. The smallest absolute Gasteiger partial charge is 0.344 e. The monoisotopic (exact) mass is 333 g/mol. The maximum absolute atomic E-state index is 12.0. The zero-order chi connectivity index (χ0) is 17.4. The van der Waals surface area contributed by atoms with Crippen molar-refractivity contribution in [2.45, 2.75) is 38.3 Å². The summed E-state index contributed by atoms with van der Waals surface area (Å²) in [7, 11) is 3.42. The number of fused-ring (bicyclic) bond motifs is 2. The third kappa shape index (κ3) is 2.84. The minimum atomic E-state index is -0.667. The number of carbonyl (C=O) groups excluding carboxylic acids is 1. The van der Waals surface area contributed by atoms with Gasteiger partial charge >= 0.3 is 5.97 Å². The number of aryl methyl sites for hydroxylation is 1. The number of rotatable bonds is 3. The van der Waals surface area contributed by atoms with Crippen LogP contribution >= 0.6 is 0 Å². The standard InChI is InChI=1S/C17H23N3O4/c1-11-8-14(9-15(17(21)24-3)16(11)20(22)23)19-7-6-12-4-5-13(10-19)18(12)2/h8-9,12-13H,4-7,10H2,1-3H3/t12-,13+/m1/s1. The molecule has 130 valence electrons. The minimum Gasteiger partial charge on any atom is -0.465 e. The van der Waals surface area contributed by atoms with Gasteiger partial charge in [0, 0.05) is 36.4 Å². The van der Waals surface area contributed by atoms with Gasteiger partial charge < -0.3 is 9.64 Å². The van der Waals surface area contributed by atoms with E-state index in [-0.39, 0.29) is 11.3 Å². The van der Waals surface area contributed by atoms with Crippen LogP contribution in [0.25, 0.3) is 0 Å². The Morgan fingerprint density at radius 3 is 2.67 bits per heavy atom. The molecule has 7 nitrogen and oxygen atoms in total. The number of likely N-dealkylation sites (N-methyl/N-ethyl adjacent to an activating group) is 1. The first-order valence-electron chi connectivity index (χ1n) is 8.26. The number of anilines is 1. The van der Waals surface area contributed by atoms with Gasteiger partial charge in [-0.05, 0) is 45.4 Å². The number of nitro benzene ring substituents is 1. The van der Waals surface area contributed by atoms with Crippen LogP contribution in [-0.4, -0.2) is 55.1 Å². The van der Waals surface area contributed by atoms with Crippen LogP contribution in [-0.2, 0) is 4.74 Å². The van der Waals surface area contributed by atoms with E-state index in [1.54, 1.807) is 13.0 Å². The SMILES string of the molecule is COC(=O)c1cc(N2CC[C@H]3CC[C@@H](C2)N3C)cc(C)c1[N+](=O)[O-]. The summed E-state index contributed by atoms with van der Waals surface area (Å²) in [6.45, 7) is 3.44. The van der Waals surface area contributed by atoms with Crippen molar-refractivity contribution in [3.8, 4) is 0 Å². The maximum Gasteiger partial charge on any atom is 0.344 e. The van der Waals surface area contributed by atoms with Crippen molar-refractivity contribution in [3.05, 3.63) is 33.4 Å². The quantitative estimate of drug-likeness (QED) is 0.480. The van der Waals surface area contributed by atoms with E-state index in [9.17, 15) is 14.9 Å². The molecule has 2 aliphatic heterocycles. The fourth-order valence-corrected chi connectivity index (χ4v) is 3.99. The fraction of sp³-hybridized carbons (Fsp3) is 0.588. The Balaban J connectivity index is 1.98. The Morgan fingerprint density at radius 1 is 1.29 bits per heavy atom. The molecule has 0 N–H and O–H groups in total. The molecule has 2 fully saturated rings. The van der Waals surface area contributed by atoms with E-state index >= 15 is 0 Å². The summed E-state index contributed by atoms with van der Waals surface area (Å²) in [4.78, 5) is 27.5. The van der Waals surface area contributed by atoms with Crippen molar-refractivity contribution in [2.24, 2.45) is 0 Å². The number of ether oxygens (including phenoxy) is 1. The normalized spacial score (nSPS) is 23.9. The van der Waals surface area contributed by atoms with Crippen LogP contribution in [0.3, 0.4) is 0 Å². The molecule has 2 aliphatic rings. The van der Waals surface area contributed by atoms with E-state index in [1.165, 1.54) is 20.0 Å². The van der Waals surface area contributed by atoms with E-state index in [0.717, 1.165) is 25.2 Å². The number of esters is 1. The number of hydrogen-bond donors (Lipinski definition) is 0. The molecule has 1 aromatic rings. The molecule has 0 unspecified atom stereocenters. The second kappa shape index (κ2) is 6.39. The van der Waals surface area contributed by atoms with Gasteiger partial charge in [0.1, 0.15) is 5.56 Å². The van der Waals surface area contributed by atoms with E-state index in [1.807, 2.05) is 6.07 Å². The first-order chi connectivity index (χ1) is 11.4. The third-order valence-corrected chi connectivity index (χ3v) is 5.39. The molecule has 3 rings (SSSR count). The van der Waals surface area contributed by atoms with Gasteiger partial charge in [-0.3, -0.25) is 15.0 Å². The van der Waals surface area contributed by atoms with Crippen molar-refractivity contribution in [1.82, 2.24) is 4.90 Å². The second-order valence-electron chi connectivity index (χ2n) is 6.69. The molecule has 2 saturated heterocycles. The summed E-state index contributed by atoms with van der Waals surface area (Å²) in [5.41, 5.74) is 1.21. The molecular formula is C17H23N3O4. The van der Waals surface area contributed by atoms with Crippen LogP contribution < -0.4 is 4.90 Å². The van der Waals surface area contributed by atoms with Crippen molar-refractivity contribution in [3.63, 3.8) is 0 Å². The van der Waals surface area contributed by atoms with Crippen molar-refractivity contribution in [2.75, 3.05) is 32.1 Å². The number of hydrogen-bond acceptors (Lipinski definition) is 6. The van der Waals surface area contributed by atoms with E-state index in [0.29, 0.717) is 17.6 Å². The molecule has 7 heteroatoms. The minimum absolute atomic E-state index is 0.0280. The van der Waals surface area contributed by atoms with Gasteiger partial charge in [0.25, 0.3) is 5.69 Å². The van der Waals surface area contributed by atoms with Crippen LogP contribution in [0, 0.1) is 17.0 Å². The highest BCUT2D eigenvalue weighted by Crippen LogP contribution is 2.34. The number of nitro groups is 1. The van der Waals surface area contributed by atoms with Gasteiger partial charge in [-0.15, -0.1) is 0 Å². The molecule has 0 radical (unpaired) electrons. The Bertz CT molecular complexity index is 676.